The van der Waals surface area contributed by atoms with Gasteiger partial charge in [0.25, 0.3) is 5.91 Å². The normalized spacial score (nSPS) is 17.7. The predicted molar refractivity (Wildman–Crippen MR) is 131 cm³/mol. The number of ether oxygens (including phenoxy) is 1. The second-order valence-electron chi connectivity index (χ2n) is 8.66. The van der Waals surface area contributed by atoms with Crippen molar-refractivity contribution in [1.29, 1.82) is 0 Å². The Morgan fingerprint density at radius 2 is 2.03 bits per heavy atom. The number of methoxy groups -OCH3 is 1. The molecule has 0 bridgehead atoms. The number of hydrogen-bond donors (Lipinski definition) is 4. The minimum atomic E-state index is -0.466. The minimum Gasteiger partial charge on any atom is -0.378 e. The number of fused-ring (bicyclic) bond motifs is 1. The first-order valence-electron chi connectivity index (χ1n) is 11.6. The number of benzene rings is 1. The molecule has 2 unspecified atom stereocenters. The molecule has 3 rings (SSSR count). The smallest absolute Gasteiger partial charge is 0.256 e. The van der Waals surface area contributed by atoms with Gasteiger partial charge in [0.05, 0.1) is 23.3 Å². The molecule has 3 atom stereocenters. The molecule has 0 spiro atoms. The lowest BCUT2D eigenvalue weighted by Crippen LogP contribution is -2.49. The third-order valence-electron chi connectivity index (χ3n) is 6.10. The van der Waals surface area contributed by atoms with Gasteiger partial charge >= 0.3 is 0 Å². The molecule has 0 aliphatic heterocycles. The van der Waals surface area contributed by atoms with Crippen LogP contribution in [0.4, 0.5) is 5.82 Å². The van der Waals surface area contributed by atoms with Gasteiger partial charge in [-0.25, -0.2) is 4.98 Å². The Hall–Kier alpha value is -1.93. The third-order valence-corrected chi connectivity index (χ3v) is 6.34. The number of halogens is 1. The van der Waals surface area contributed by atoms with E-state index >= 15 is 0 Å². The number of rotatable bonds is 10. The summed E-state index contributed by atoms with van der Waals surface area (Å²) in [5, 5.41) is 11.3. The highest BCUT2D eigenvalue weighted by atomic mass is 35.5. The number of nitrogens with one attached hydrogen (secondary N) is 3. The summed E-state index contributed by atoms with van der Waals surface area (Å²) in [6, 6.07) is 8.01. The van der Waals surface area contributed by atoms with Crippen molar-refractivity contribution in [3.8, 4) is 0 Å². The molecule has 1 aromatic carbocycles. The van der Waals surface area contributed by atoms with Crippen molar-refractivity contribution in [2.45, 2.75) is 76.7 Å². The van der Waals surface area contributed by atoms with E-state index in [9.17, 15) is 4.79 Å². The van der Waals surface area contributed by atoms with Crippen LogP contribution in [0.5, 0.6) is 0 Å². The maximum atomic E-state index is 12.8. The standard InChI is InChI=1S/C24H36ClN5O2/c1-4-20(29-18-8-6-5-7-9-18)22(32-3)14-27-23-19(24(31)28-15(2)26)12-16-10-11-17(25)13-21(16)30-23/h10-13,15,18,20,22,29H,4-9,14,26H2,1-3H3,(H,27,30)(H,28,31)/t15?,20?,22-/m0/s1. The molecule has 7 nitrogen and oxygen atoms in total. The maximum Gasteiger partial charge on any atom is 0.256 e. The Bertz CT molecular complexity index is 901. The van der Waals surface area contributed by atoms with Crippen LogP contribution in [0.25, 0.3) is 10.9 Å². The van der Waals surface area contributed by atoms with Gasteiger partial charge in [0.1, 0.15) is 5.82 Å². The van der Waals surface area contributed by atoms with Gasteiger partial charge in [0.2, 0.25) is 0 Å². The van der Waals surface area contributed by atoms with Crippen molar-refractivity contribution in [1.82, 2.24) is 15.6 Å². The van der Waals surface area contributed by atoms with E-state index in [2.05, 4.69) is 22.9 Å². The zero-order valence-corrected chi connectivity index (χ0v) is 20.0. The first-order chi connectivity index (χ1) is 15.4. The predicted octanol–water partition coefficient (Wildman–Crippen LogP) is 4.05. The van der Waals surface area contributed by atoms with Crippen LogP contribution in [0.1, 0.15) is 62.7 Å². The fraction of sp³-hybridized carbons (Fsp3) is 0.583. The average molecular weight is 462 g/mol. The molecule has 5 N–H and O–H groups in total. The quantitative estimate of drug-likeness (QED) is 0.398. The van der Waals surface area contributed by atoms with Gasteiger partial charge in [-0.1, -0.05) is 43.9 Å². The largest absolute Gasteiger partial charge is 0.378 e. The first kappa shape index (κ1) is 24.7. The van der Waals surface area contributed by atoms with E-state index in [1.807, 2.05) is 12.1 Å². The van der Waals surface area contributed by atoms with E-state index in [1.54, 1.807) is 26.2 Å². The average Bonchev–Trinajstić information content (AvgIpc) is 2.78. The highest BCUT2D eigenvalue weighted by molar-refractivity contribution is 6.31. The molecule has 1 heterocycles. The Kier molecular flexibility index (Phi) is 9.11. The molecule has 1 aliphatic carbocycles. The monoisotopic (exact) mass is 461 g/mol. The molecule has 0 saturated heterocycles. The van der Waals surface area contributed by atoms with Crippen molar-refractivity contribution in [2.24, 2.45) is 5.73 Å². The molecule has 1 fully saturated rings. The molecule has 2 aromatic rings. The van der Waals surface area contributed by atoms with Crippen LogP contribution in [0.15, 0.2) is 24.3 Å². The number of pyridine rings is 1. The highest BCUT2D eigenvalue weighted by Gasteiger charge is 2.25. The molecular formula is C24H36ClN5O2. The summed E-state index contributed by atoms with van der Waals surface area (Å²) in [4.78, 5) is 17.5. The second-order valence-corrected chi connectivity index (χ2v) is 9.09. The van der Waals surface area contributed by atoms with Gasteiger partial charge < -0.3 is 26.4 Å². The molecule has 1 aromatic heterocycles. The van der Waals surface area contributed by atoms with E-state index in [0.29, 0.717) is 29.0 Å². The zero-order valence-electron chi connectivity index (χ0n) is 19.3. The van der Waals surface area contributed by atoms with Crippen molar-refractivity contribution >= 4 is 34.2 Å². The fourth-order valence-electron chi connectivity index (χ4n) is 4.38. The van der Waals surface area contributed by atoms with Crippen molar-refractivity contribution in [3.63, 3.8) is 0 Å². The Balaban J connectivity index is 1.80. The fourth-order valence-corrected chi connectivity index (χ4v) is 4.55. The number of anilines is 1. The van der Waals surface area contributed by atoms with Crippen LogP contribution in [0.3, 0.4) is 0 Å². The van der Waals surface area contributed by atoms with E-state index in [1.165, 1.54) is 32.1 Å². The molecule has 176 valence electrons. The summed E-state index contributed by atoms with van der Waals surface area (Å²) in [6.45, 7) is 4.42. The molecule has 1 saturated carbocycles. The van der Waals surface area contributed by atoms with Crippen LogP contribution in [-0.2, 0) is 4.74 Å². The van der Waals surface area contributed by atoms with E-state index in [0.717, 1.165) is 17.3 Å². The first-order valence-corrected chi connectivity index (χ1v) is 12.0. The molecule has 8 heteroatoms. The van der Waals surface area contributed by atoms with Gasteiger partial charge in [-0.15, -0.1) is 0 Å². The number of nitrogens with zero attached hydrogens (tertiary/aromatic N) is 1. The Morgan fingerprint density at radius 1 is 1.28 bits per heavy atom. The van der Waals surface area contributed by atoms with Crippen molar-refractivity contribution in [3.05, 3.63) is 34.9 Å². The summed E-state index contributed by atoms with van der Waals surface area (Å²) in [6.07, 6.45) is 6.75. The van der Waals surface area contributed by atoms with Crippen LogP contribution in [-0.4, -0.2) is 48.9 Å². The SMILES string of the molecule is CCC(NC1CCCCC1)[C@H](CNc1nc2cc(Cl)ccc2cc1C(=O)NC(C)N)OC. The van der Waals surface area contributed by atoms with E-state index in [4.69, 9.17) is 27.1 Å². The molecular weight excluding hydrogens is 426 g/mol. The maximum absolute atomic E-state index is 12.8. The van der Waals surface area contributed by atoms with Gasteiger partial charge in [-0.05, 0) is 44.4 Å². The topological polar surface area (TPSA) is 101 Å². The number of nitrogens with two attached hydrogens (primary N) is 1. The molecule has 32 heavy (non-hydrogen) atoms. The van der Waals surface area contributed by atoms with Gasteiger partial charge in [-0.2, -0.15) is 0 Å². The van der Waals surface area contributed by atoms with E-state index in [-0.39, 0.29) is 18.1 Å². The number of amides is 1. The van der Waals surface area contributed by atoms with Crippen LogP contribution in [0.2, 0.25) is 5.02 Å². The molecule has 0 radical (unpaired) electrons. The number of aromatic nitrogens is 1. The Morgan fingerprint density at radius 3 is 2.69 bits per heavy atom. The van der Waals surface area contributed by atoms with Crippen LogP contribution < -0.4 is 21.7 Å². The number of carbonyl (C=O) groups is 1. The highest BCUT2D eigenvalue weighted by Crippen LogP contribution is 2.24. The zero-order chi connectivity index (χ0) is 23.1. The summed E-state index contributed by atoms with van der Waals surface area (Å²) >= 11 is 6.16. The summed E-state index contributed by atoms with van der Waals surface area (Å²) < 4.78 is 5.84. The summed E-state index contributed by atoms with van der Waals surface area (Å²) in [7, 11) is 1.73. The second kappa shape index (κ2) is 11.8. The lowest BCUT2D eigenvalue weighted by atomic mass is 9.94. The van der Waals surface area contributed by atoms with Crippen LogP contribution >= 0.6 is 11.6 Å². The number of hydrogen-bond acceptors (Lipinski definition) is 6. The van der Waals surface area contributed by atoms with Crippen molar-refractivity contribution in [2.75, 3.05) is 19.0 Å². The molecule has 1 amide bonds. The summed E-state index contributed by atoms with van der Waals surface area (Å²) in [5.41, 5.74) is 6.95. The minimum absolute atomic E-state index is 0.0665. The van der Waals surface area contributed by atoms with Gasteiger partial charge in [0, 0.05) is 36.1 Å². The van der Waals surface area contributed by atoms with Crippen LogP contribution in [0, 0.1) is 0 Å². The molecule has 1 aliphatic rings. The third kappa shape index (κ3) is 6.54. The van der Waals surface area contributed by atoms with Crippen molar-refractivity contribution < 1.29 is 9.53 Å². The van der Waals surface area contributed by atoms with Gasteiger partial charge in [0.15, 0.2) is 0 Å². The number of carbonyl (C=O) groups excluding carboxylic acids is 1. The lowest BCUT2D eigenvalue weighted by molar-refractivity contribution is 0.0698. The summed E-state index contributed by atoms with van der Waals surface area (Å²) in [5.74, 6) is 0.223. The lowest BCUT2D eigenvalue weighted by Gasteiger charge is -2.32. The van der Waals surface area contributed by atoms with Gasteiger partial charge in [-0.3, -0.25) is 4.79 Å². The van der Waals surface area contributed by atoms with E-state index < -0.39 is 6.17 Å². The Labute approximate surface area is 195 Å².